The maximum atomic E-state index is 12.8. The van der Waals surface area contributed by atoms with Crippen molar-refractivity contribution >= 4 is 6.03 Å². The summed E-state index contributed by atoms with van der Waals surface area (Å²) < 4.78 is 26.3. The van der Waals surface area contributed by atoms with Gasteiger partial charge >= 0.3 is 12.6 Å². The number of aromatic hydroxyl groups is 1. The molecule has 0 radical (unpaired) electrons. The van der Waals surface area contributed by atoms with Crippen LogP contribution in [0.1, 0.15) is 31.3 Å². The number of imidazole rings is 1. The fourth-order valence-electron chi connectivity index (χ4n) is 2.37. The second kappa shape index (κ2) is 8.46. The van der Waals surface area contributed by atoms with Crippen LogP contribution in [0, 0.1) is 0 Å². The highest BCUT2D eigenvalue weighted by molar-refractivity contribution is 5.74. The van der Waals surface area contributed by atoms with E-state index in [4.69, 9.17) is 0 Å². The summed E-state index contributed by atoms with van der Waals surface area (Å²) in [6.45, 7) is -0.807. The summed E-state index contributed by atoms with van der Waals surface area (Å²) in [5.41, 5.74) is 1.06. The Kier molecular flexibility index (Phi) is 6.32. The normalized spacial score (nSPS) is 12.2. The first-order valence-electron chi connectivity index (χ1n) is 7.96. The van der Waals surface area contributed by atoms with Gasteiger partial charge in [-0.3, -0.25) is 4.57 Å². The number of urea groups is 1. The van der Waals surface area contributed by atoms with Gasteiger partial charge in [-0.2, -0.15) is 8.78 Å². The summed E-state index contributed by atoms with van der Waals surface area (Å²) in [6, 6.07) is 6.48. The monoisotopic (exact) mass is 352 g/mol. The summed E-state index contributed by atoms with van der Waals surface area (Å²) in [6.07, 6.45) is 3.94. The Morgan fingerprint density at radius 1 is 1.36 bits per heavy atom. The van der Waals surface area contributed by atoms with E-state index >= 15 is 0 Å². The number of halogens is 2. The van der Waals surface area contributed by atoms with Crippen molar-refractivity contribution in [2.45, 2.75) is 38.9 Å². The smallest absolute Gasteiger partial charge is 0.319 e. The molecule has 136 valence electrons. The number of aryl methyl sites for hydroxylation is 1. The lowest BCUT2D eigenvalue weighted by molar-refractivity contribution is 0.0650. The summed E-state index contributed by atoms with van der Waals surface area (Å²) in [5.74, 6) is 0.346. The van der Waals surface area contributed by atoms with Crippen LogP contribution in [0.15, 0.2) is 36.7 Å². The second-order valence-corrected chi connectivity index (χ2v) is 5.94. The minimum Gasteiger partial charge on any atom is -0.508 e. The van der Waals surface area contributed by atoms with Crippen molar-refractivity contribution in [1.29, 1.82) is 0 Å². The van der Waals surface area contributed by atoms with E-state index in [1.54, 1.807) is 12.1 Å². The van der Waals surface area contributed by atoms with Gasteiger partial charge in [0.15, 0.2) is 0 Å². The number of nitrogens with zero attached hydrogens (tertiary/aromatic N) is 3. The van der Waals surface area contributed by atoms with Gasteiger partial charge in [-0.25, -0.2) is 9.78 Å². The zero-order chi connectivity index (χ0) is 18.4. The minimum absolute atomic E-state index is 0.00610. The van der Waals surface area contributed by atoms with Crippen LogP contribution in [-0.4, -0.2) is 38.7 Å². The molecule has 2 amide bonds. The molecule has 0 aliphatic carbocycles. The van der Waals surface area contributed by atoms with E-state index in [1.165, 1.54) is 24.3 Å². The molecule has 0 spiro atoms. The number of benzene rings is 1. The van der Waals surface area contributed by atoms with Crippen molar-refractivity contribution in [1.82, 2.24) is 19.8 Å². The third-order valence-corrected chi connectivity index (χ3v) is 3.86. The third-order valence-electron chi connectivity index (χ3n) is 3.86. The molecule has 6 nitrogen and oxygen atoms in total. The molecule has 2 N–H and O–H groups in total. The van der Waals surface area contributed by atoms with Crippen molar-refractivity contribution in [2.24, 2.45) is 0 Å². The number of hydrogen-bond acceptors (Lipinski definition) is 3. The number of phenolic OH excluding ortho intramolecular Hbond substituents is 1. The molecule has 1 unspecified atom stereocenters. The van der Waals surface area contributed by atoms with E-state index < -0.39 is 6.55 Å². The highest BCUT2D eigenvalue weighted by Gasteiger charge is 2.17. The number of amides is 2. The van der Waals surface area contributed by atoms with Crippen molar-refractivity contribution < 1.29 is 18.7 Å². The summed E-state index contributed by atoms with van der Waals surface area (Å²) in [5, 5.41) is 12.1. The SMILES string of the molecule is CC(CCc1ccc(O)cc1)NC(=O)N(C)Cc1nccn1C(F)F. The van der Waals surface area contributed by atoms with Crippen LogP contribution in [0.4, 0.5) is 13.6 Å². The molecule has 1 atom stereocenters. The first-order valence-corrected chi connectivity index (χ1v) is 7.96. The first-order chi connectivity index (χ1) is 11.9. The molecule has 8 heteroatoms. The quantitative estimate of drug-likeness (QED) is 0.804. The molecule has 2 aromatic rings. The van der Waals surface area contributed by atoms with Crippen molar-refractivity contribution in [2.75, 3.05) is 7.05 Å². The first kappa shape index (κ1) is 18.7. The topological polar surface area (TPSA) is 70.4 Å². The van der Waals surface area contributed by atoms with Gasteiger partial charge in [0.2, 0.25) is 0 Å². The van der Waals surface area contributed by atoms with E-state index in [-0.39, 0.29) is 30.2 Å². The molecule has 1 aromatic heterocycles. The van der Waals surface area contributed by atoms with Crippen LogP contribution in [0.2, 0.25) is 0 Å². The number of alkyl halides is 2. The Labute approximate surface area is 145 Å². The van der Waals surface area contributed by atoms with Gasteiger partial charge in [0.1, 0.15) is 11.6 Å². The molecule has 0 bridgehead atoms. The minimum atomic E-state index is -2.68. The standard InChI is InChI=1S/C17H22F2N4O2/c1-12(3-4-13-5-7-14(24)8-6-13)21-17(25)22(2)11-15-20-9-10-23(15)16(18)19/h5-10,12,16,24H,3-4,11H2,1-2H3,(H,21,25). The number of carbonyl (C=O) groups excluding carboxylic acids is 1. The van der Waals surface area contributed by atoms with Gasteiger partial charge in [0.05, 0.1) is 6.54 Å². The van der Waals surface area contributed by atoms with Gasteiger partial charge in [-0.15, -0.1) is 0 Å². The number of aromatic nitrogens is 2. The zero-order valence-electron chi connectivity index (χ0n) is 14.2. The Morgan fingerprint density at radius 3 is 2.68 bits per heavy atom. The lowest BCUT2D eigenvalue weighted by atomic mass is 10.1. The summed E-state index contributed by atoms with van der Waals surface area (Å²) in [7, 11) is 1.53. The summed E-state index contributed by atoms with van der Waals surface area (Å²) >= 11 is 0. The van der Waals surface area contributed by atoms with Crippen LogP contribution < -0.4 is 5.32 Å². The van der Waals surface area contributed by atoms with Gasteiger partial charge in [-0.1, -0.05) is 12.1 Å². The zero-order valence-corrected chi connectivity index (χ0v) is 14.2. The number of hydrogen-bond donors (Lipinski definition) is 2. The van der Waals surface area contributed by atoms with Gasteiger partial charge in [-0.05, 0) is 37.5 Å². The van der Waals surface area contributed by atoms with Gasteiger partial charge < -0.3 is 15.3 Å². The molecular weight excluding hydrogens is 330 g/mol. The predicted molar refractivity (Wildman–Crippen MR) is 89.4 cm³/mol. The second-order valence-electron chi connectivity index (χ2n) is 5.94. The lowest BCUT2D eigenvalue weighted by Crippen LogP contribution is -2.42. The van der Waals surface area contributed by atoms with Crippen molar-refractivity contribution in [3.05, 3.63) is 48.0 Å². The van der Waals surface area contributed by atoms with Crippen molar-refractivity contribution in [3.63, 3.8) is 0 Å². The molecule has 0 aliphatic heterocycles. The highest BCUT2D eigenvalue weighted by Crippen LogP contribution is 2.14. The third kappa shape index (κ3) is 5.44. The van der Waals surface area contributed by atoms with E-state index in [2.05, 4.69) is 10.3 Å². The number of rotatable bonds is 7. The molecule has 0 saturated carbocycles. The number of nitrogens with one attached hydrogen (secondary N) is 1. The van der Waals surface area contributed by atoms with E-state index in [0.29, 0.717) is 0 Å². The maximum Gasteiger partial charge on any atom is 0.319 e. The van der Waals surface area contributed by atoms with E-state index in [1.807, 2.05) is 19.1 Å². The Morgan fingerprint density at radius 2 is 2.04 bits per heavy atom. The Hall–Kier alpha value is -2.64. The fraction of sp³-hybridized carbons (Fsp3) is 0.412. The Balaban J connectivity index is 1.81. The summed E-state index contributed by atoms with van der Waals surface area (Å²) in [4.78, 5) is 17.4. The molecule has 1 aromatic carbocycles. The molecule has 0 saturated heterocycles. The molecular formula is C17H22F2N4O2. The highest BCUT2D eigenvalue weighted by atomic mass is 19.3. The van der Waals surface area contributed by atoms with Crippen LogP contribution in [0.25, 0.3) is 0 Å². The van der Waals surface area contributed by atoms with Crippen LogP contribution in [0.3, 0.4) is 0 Å². The predicted octanol–water partition coefficient (Wildman–Crippen LogP) is 3.15. The number of phenols is 1. The average Bonchev–Trinajstić information content (AvgIpc) is 3.02. The maximum absolute atomic E-state index is 12.8. The van der Waals surface area contributed by atoms with Crippen molar-refractivity contribution in [3.8, 4) is 5.75 Å². The molecule has 1 heterocycles. The molecule has 0 fully saturated rings. The van der Waals surface area contributed by atoms with E-state index in [9.17, 15) is 18.7 Å². The molecule has 2 rings (SSSR count). The van der Waals surface area contributed by atoms with Gasteiger partial charge in [0, 0.05) is 25.5 Å². The fourth-order valence-corrected chi connectivity index (χ4v) is 2.37. The van der Waals surface area contributed by atoms with Crippen LogP contribution in [-0.2, 0) is 13.0 Å². The number of carbonyl (C=O) groups is 1. The molecule has 25 heavy (non-hydrogen) atoms. The average molecular weight is 352 g/mol. The van der Waals surface area contributed by atoms with Crippen LogP contribution in [0.5, 0.6) is 5.75 Å². The largest absolute Gasteiger partial charge is 0.508 e. The molecule has 0 aliphatic rings. The van der Waals surface area contributed by atoms with E-state index in [0.717, 1.165) is 23.0 Å². The van der Waals surface area contributed by atoms with Gasteiger partial charge in [0.25, 0.3) is 0 Å². The lowest BCUT2D eigenvalue weighted by Gasteiger charge is -2.21. The Bertz CT molecular complexity index is 688. The van der Waals surface area contributed by atoms with Crippen LogP contribution >= 0.6 is 0 Å².